The number of aromatic nitrogens is 4. The molecule has 2 aromatic carbocycles. The molecule has 0 aliphatic rings. The minimum atomic E-state index is -0.946. The standard InChI is InChI=1S/C23H21F2N5OS/c1-15-21(22(31)26-13-17-10-11-19(24)20(25)12-17)32-23(27-15)30-14-18(28-29-30)9-5-8-16-6-3-2-4-7-16/h2-4,6-7,10-12,14H,5,8-9,13H2,1H3,(H,26,31). The van der Waals surface area contributed by atoms with Crippen LogP contribution in [0.15, 0.2) is 54.7 Å². The molecule has 9 heteroatoms. The molecule has 6 nitrogen and oxygen atoms in total. The van der Waals surface area contributed by atoms with E-state index >= 15 is 0 Å². The van der Waals surface area contributed by atoms with Crippen molar-refractivity contribution in [1.29, 1.82) is 0 Å². The summed E-state index contributed by atoms with van der Waals surface area (Å²) in [6, 6.07) is 13.8. The summed E-state index contributed by atoms with van der Waals surface area (Å²) < 4.78 is 28.0. The number of amides is 1. The first-order valence-electron chi connectivity index (χ1n) is 10.1. The van der Waals surface area contributed by atoms with E-state index in [9.17, 15) is 13.6 Å². The molecule has 0 atom stereocenters. The van der Waals surface area contributed by atoms with Crippen LogP contribution in [0.1, 0.15) is 38.6 Å². The lowest BCUT2D eigenvalue weighted by molar-refractivity contribution is 0.0954. The molecule has 4 rings (SSSR count). The highest BCUT2D eigenvalue weighted by molar-refractivity contribution is 7.16. The first-order valence-corrected chi connectivity index (χ1v) is 11.0. The summed E-state index contributed by atoms with van der Waals surface area (Å²) in [4.78, 5) is 17.4. The van der Waals surface area contributed by atoms with E-state index in [1.807, 2.05) is 24.4 Å². The fraction of sp³-hybridized carbons (Fsp3) is 0.217. The van der Waals surface area contributed by atoms with Crippen LogP contribution in [-0.4, -0.2) is 25.9 Å². The summed E-state index contributed by atoms with van der Waals surface area (Å²) in [6.07, 6.45) is 4.54. The van der Waals surface area contributed by atoms with Crippen molar-refractivity contribution in [3.8, 4) is 5.13 Å². The van der Waals surface area contributed by atoms with Gasteiger partial charge in [-0.2, -0.15) is 4.68 Å². The Labute approximate surface area is 187 Å². The van der Waals surface area contributed by atoms with Crippen LogP contribution in [0.5, 0.6) is 0 Å². The number of carbonyl (C=O) groups is 1. The van der Waals surface area contributed by atoms with Crippen molar-refractivity contribution in [1.82, 2.24) is 25.3 Å². The van der Waals surface area contributed by atoms with Crippen molar-refractivity contribution < 1.29 is 13.6 Å². The molecule has 164 valence electrons. The Bertz CT molecular complexity index is 1220. The Balaban J connectivity index is 1.36. The predicted molar refractivity (Wildman–Crippen MR) is 118 cm³/mol. The molecule has 0 radical (unpaired) electrons. The Morgan fingerprint density at radius 1 is 1.06 bits per heavy atom. The summed E-state index contributed by atoms with van der Waals surface area (Å²) in [5.41, 5.74) is 3.18. The van der Waals surface area contributed by atoms with Gasteiger partial charge in [0.25, 0.3) is 5.91 Å². The van der Waals surface area contributed by atoms with Gasteiger partial charge in [0.2, 0.25) is 5.13 Å². The maximum absolute atomic E-state index is 13.3. The van der Waals surface area contributed by atoms with Crippen molar-refractivity contribution in [2.45, 2.75) is 32.7 Å². The van der Waals surface area contributed by atoms with Gasteiger partial charge in [0, 0.05) is 6.54 Å². The minimum absolute atomic E-state index is 0.0809. The molecule has 0 bridgehead atoms. The molecule has 2 aromatic heterocycles. The molecule has 0 aliphatic heterocycles. The molecular weight excluding hydrogens is 432 g/mol. The summed E-state index contributed by atoms with van der Waals surface area (Å²) in [5, 5.41) is 11.6. The van der Waals surface area contributed by atoms with Crippen molar-refractivity contribution in [2.75, 3.05) is 0 Å². The molecular formula is C23H21F2N5OS. The minimum Gasteiger partial charge on any atom is -0.347 e. The lowest BCUT2D eigenvalue weighted by atomic mass is 10.1. The fourth-order valence-electron chi connectivity index (χ4n) is 3.23. The van der Waals surface area contributed by atoms with Crippen molar-refractivity contribution in [2.24, 2.45) is 0 Å². The third kappa shape index (κ3) is 5.23. The summed E-state index contributed by atoms with van der Waals surface area (Å²) >= 11 is 1.20. The Morgan fingerprint density at radius 2 is 1.88 bits per heavy atom. The van der Waals surface area contributed by atoms with Crippen LogP contribution in [0.25, 0.3) is 5.13 Å². The van der Waals surface area contributed by atoms with Crippen LogP contribution in [0, 0.1) is 18.6 Å². The number of halogens is 2. The Kier molecular flexibility index (Phi) is 6.65. The fourth-order valence-corrected chi connectivity index (χ4v) is 4.13. The second kappa shape index (κ2) is 9.78. The number of benzene rings is 2. The molecule has 0 saturated heterocycles. The zero-order valence-electron chi connectivity index (χ0n) is 17.4. The van der Waals surface area contributed by atoms with Crippen LogP contribution >= 0.6 is 11.3 Å². The van der Waals surface area contributed by atoms with E-state index < -0.39 is 11.6 Å². The van der Waals surface area contributed by atoms with Gasteiger partial charge in [0.1, 0.15) is 4.88 Å². The van der Waals surface area contributed by atoms with Crippen LogP contribution in [0.4, 0.5) is 8.78 Å². The highest BCUT2D eigenvalue weighted by atomic mass is 32.1. The zero-order chi connectivity index (χ0) is 22.5. The second-order valence-electron chi connectivity index (χ2n) is 7.34. The van der Waals surface area contributed by atoms with Crippen LogP contribution in [0.2, 0.25) is 0 Å². The largest absolute Gasteiger partial charge is 0.347 e. The number of carbonyl (C=O) groups excluding carboxylic acids is 1. The lowest BCUT2D eigenvalue weighted by Crippen LogP contribution is -2.22. The van der Waals surface area contributed by atoms with Gasteiger partial charge in [0.15, 0.2) is 11.6 Å². The molecule has 32 heavy (non-hydrogen) atoms. The Hall–Kier alpha value is -3.46. The number of hydrogen-bond donors (Lipinski definition) is 1. The van der Waals surface area contributed by atoms with E-state index in [1.54, 1.807) is 11.6 Å². The molecule has 4 aromatic rings. The van der Waals surface area contributed by atoms with Gasteiger partial charge in [-0.25, -0.2) is 13.8 Å². The predicted octanol–water partition coefficient (Wildman–Crippen LogP) is 4.42. The molecule has 2 heterocycles. The molecule has 0 saturated carbocycles. The van der Waals surface area contributed by atoms with Crippen molar-refractivity contribution >= 4 is 17.2 Å². The number of aryl methyl sites for hydroxylation is 3. The smallest absolute Gasteiger partial charge is 0.263 e. The average Bonchev–Trinajstić information content (AvgIpc) is 3.42. The normalized spacial score (nSPS) is 11.0. The lowest BCUT2D eigenvalue weighted by Gasteiger charge is -2.04. The highest BCUT2D eigenvalue weighted by Crippen LogP contribution is 2.21. The molecule has 1 N–H and O–H groups in total. The zero-order valence-corrected chi connectivity index (χ0v) is 18.2. The quantitative estimate of drug-likeness (QED) is 0.429. The first-order chi connectivity index (χ1) is 15.5. The maximum atomic E-state index is 13.3. The van der Waals surface area contributed by atoms with E-state index in [-0.39, 0.29) is 12.5 Å². The topological polar surface area (TPSA) is 72.7 Å². The number of thiazole rings is 1. The summed E-state index contributed by atoms with van der Waals surface area (Å²) in [6.45, 7) is 1.82. The maximum Gasteiger partial charge on any atom is 0.263 e. The van der Waals surface area contributed by atoms with Gasteiger partial charge >= 0.3 is 0 Å². The van der Waals surface area contributed by atoms with E-state index in [0.29, 0.717) is 21.3 Å². The van der Waals surface area contributed by atoms with Gasteiger partial charge < -0.3 is 5.32 Å². The van der Waals surface area contributed by atoms with Crippen LogP contribution in [0.3, 0.4) is 0 Å². The van der Waals surface area contributed by atoms with Gasteiger partial charge in [-0.3, -0.25) is 4.79 Å². The van der Waals surface area contributed by atoms with Gasteiger partial charge in [0.05, 0.1) is 17.6 Å². The summed E-state index contributed by atoms with van der Waals surface area (Å²) in [7, 11) is 0. The Morgan fingerprint density at radius 3 is 2.66 bits per heavy atom. The molecule has 0 fully saturated rings. The van der Waals surface area contributed by atoms with Crippen molar-refractivity contribution in [3.63, 3.8) is 0 Å². The van der Waals surface area contributed by atoms with E-state index in [2.05, 4.69) is 32.7 Å². The van der Waals surface area contributed by atoms with Gasteiger partial charge in [-0.15, -0.1) is 5.10 Å². The SMILES string of the molecule is Cc1nc(-n2cc(CCCc3ccccc3)nn2)sc1C(=O)NCc1ccc(F)c(F)c1. The second-order valence-corrected chi connectivity index (χ2v) is 8.31. The third-order valence-corrected chi connectivity index (χ3v) is 6.05. The molecule has 0 unspecified atom stereocenters. The van der Waals surface area contributed by atoms with E-state index in [4.69, 9.17) is 0 Å². The number of nitrogens with one attached hydrogen (secondary N) is 1. The van der Waals surface area contributed by atoms with Gasteiger partial charge in [-0.05, 0) is 49.4 Å². The molecule has 0 aliphatic carbocycles. The van der Waals surface area contributed by atoms with Gasteiger partial charge in [-0.1, -0.05) is 52.9 Å². The molecule has 1 amide bonds. The average molecular weight is 454 g/mol. The molecule has 0 spiro atoms. The van der Waals surface area contributed by atoms with Crippen LogP contribution < -0.4 is 5.32 Å². The van der Waals surface area contributed by atoms with E-state index in [1.165, 1.54) is 23.0 Å². The number of rotatable bonds is 8. The summed E-state index contributed by atoms with van der Waals surface area (Å²) in [5.74, 6) is -2.20. The van der Waals surface area contributed by atoms with Crippen LogP contribution in [-0.2, 0) is 19.4 Å². The first kappa shape index (κ1) is 21.8. The highest BCUT2D eigenvalue weighted by Gasteiger charge is 2.17. The van der Waals surface area contributed by atoms with Crippen molar-refractivity contribution in [3.05, 3.63) is 93.8 Å². The van der Waals surface area contributed by atoms with E-state index in [0.717, 1.165) is 37.1 Å². The number of nitrogens with zero attached hydrogens (tertiary/aromatic N) is 4. The number of hydrogen-bond acceptors (Lipinski definition) is 5. The monoisotopic (exact) mass is 453 g/mol. The third-order valence-electron chi connectivity index (χ3n) is 4.91.